The van der Waals surface area contributed by atoms with Gasteiger partial charge in [-0.25, -0.2) is 9.37 Å². The molecule has 2 rings (SSSR count). The maximum Gasteiger partial charge on any atom is 0.123 e. The van der Waals surface area contributed by atoms with Crippen LogP contribution in [0.15, 0.2) is 23.6 Å². The molecule has 0 radical (unpaired) electrons. The van der Waals surface area contributed by atoms with Gasteiger partial charge in [-0.3, -0.25) is 0 Å². The van der Waals surface area contributed by atoms with Gasteiger partial charge in [-0.05, 0) is 37.6 Å². The molecule has 1 N–H and O–H groups in total. The van der Waals surface area contributed by atoms with Crippen molar-refractivity contribution in [3.05, 3.63) is 45.7 Å². The van der Waals surface area contributed by atoms with E-state index in [1.807, 2.05) is 19.2 Å². The molecule has 1 aromatic heterocycles. The lowest BCUT2D eigenvalue weighted by molar-refractivity contribution is 0.627. The van der Waals surface area contributed by atoms with Crippen LogP contribution in [0.2, 0.25) is 0 Å². The van der Waals surface area contributed by atoms with Gasteiger partial charge < -0.3 is 5.32 Å². The number of halogens is 1. The zero-order valence-electron chi connectivity index (χ0n) is 9.25. The fraction of sp³-hybridized carbons (Fsp3) is 0.250. The summed E-state index contributed by atoms with van der Waals surface area (Å²) >= 11 is 1.63. The minimum Gasteiger partial charge on any atom is -0.378 e. The fourth-order valence-electron chi connectivity index (χ4n) is 1.48. The Morgan fingerprint density at radius 1 is 1.38 bits per heavy atom. The molecular formula is C12H13FN2S. The molecule has 1 heterocycles. The highest BCUT2D eigenvalue weighted by molar-refractivity contribution is 7.09. The van der Waals surface area contributed by atoms with Crippen molar-refractivity contribution in [1.29, 1.82) is 0 Å². The van der Waals surface area contributed by atoms with Crippen LogP contribution in [0.1, 0.15) is 16.3 Å². The van der Waals surface area contributed by atoms with E-state index in [9.17, 15) is 4.39 Å². The Bertz CT molecular complexity index is 494. The van der Waals surface area contributed by atoms with Crippen molar-refractivity contribution in [2.24, 2.45) is 0 Å². The molecule has 2 nitrogen and oxygen atoms in total. The van der Waals surface area contributed by atoms with E-state index in [1.54, 1.807) is 17.4 Å². The first kappa shape index (κ1) is 11.1. The van der Waals surface area contributed by atoms with E-state index in [0.717, 1.165) is 22.0 Å². The second kappa shape index (κ2) is 4.61. The molecular weight excluding hydrogens is 223 g/mol. The predicted molar refractivity (Wildman–Crippen MR) is 65.3 cm³/mol. The van der Waals surface area contributed by atoms with Gasteiger partial charge in [-0.1, -0.05) is 0 Å². The van der Waals surface area contributed by atoms with Crippen LogP contribution < -0.4 is 5.32 Å². The molecule has 0 fully saturated rings. The standard InChI is InChI=1S/C12H13FN2S/c1-8-5-10(13)3-4-11(8)14-6-12-15-9(2)7-16-12/h3-5,7,14H,6H2,1-2H3. The summed E-state index contributed by atoms with van der Waals surface area (Å²) in [6.07, 6.45) is 0. The monoisotopic (exact) mass is 236 g/mol. The predicted octanol–water partition coefficient (Wildman–Crippen LogP) is 3.51. The van der Waals surface area contributed by atoms with E-state index in [1.165, 1.54) is 12.1 Å². The highest BCUT2D eigenvalue weighted by Crippen LogP contribution is 2.17. The average Bonchev–Trinajstić information content (AvgIpc) is 2.63. The van der Waals surface area contributed by atoms with Crippen LogP contribution >= 0.6 is 11.3 Å². The quantitative estimate of drug-likeness (QED) is 0.882. The molecule has 0 saturated carbocycles. The number of nitrogens with zero attached hydrogens (tertiary/aromatic N) is 1. The van der Waals surface area contributed by atoms with Gasteiger partial charge in [0, 0.05) is 16.8 Å². The smallest absolute Gasteiger partial charge is 0.123 e. The summed E-state index contributed by atoms with van der Waals surface area (Å²) in [6.45, 7) is 4.55. The number of aromatic nitrogens is 1. The van der Waals surface area contributed by atoms with Gasteiger partial charge in [0.05, 0.1) is 6.54 Å². The molecule has 0 amide bonds. The van der Waals surface area contributed by atoms with Crippen molar-refractivity contribution in [2.45, 2.75) is 20.4 Å². The molecule has 0 saturated heterocycles. The summed E-state index contributed by atoms with van der Waals surface area (Å²) in [5, 5.41) is 6.32. The van der Waals surface area contributed by atoms with Crippen molar-refractivity contribution in [1.82, 2.24) is 4.98 Å². The third-order valence-electron chi connectivity index (χ3n) is 2.29. The lowest BCUT2D eigenvalue weighted by Crippen LogP contribution is -2.00. The molecule has 0 aliphatic carbocycles. The van der Waals surface area contributed by atoms with Crippen LogP contribution in [-0.4, -0.2) is 4.98 Å². The van der Waals surface area contributed by atoms with Gasteiger partial charge in [0.2, 0.25) is 0 Å². The molecule has 0 spiro atoms. The molecule has 2 aromatic rings. The first-order chi connectivity index (χ1) is 7.65. The molecule has 0 atom stereocenters. The van der Waals surface area contributed by atoms with Gasteiger partial charge in [0.25, 0.3) is 0 Å². The lowest BCUT2D eigenvalue weighted by Gasteiger charge is -2.07. The van der Waals surface area contributed by atoms with Crippen LogP contribution in [0.5, 0.6) is 0 Å². The number of thiazole rings is 1. The third-order valence-corrected chi connectivity index (χ3v) is 3.25. The van der Waals surface area contributed by atoms with E-state index < -0.39 is 0 Å². The van der Waals surface area contributed by atoms with Crippen LogP contribution in [0, 0.1) is 19.7 Å². The summed E-state index contributed by atoms with van der Waals surface area (Å²) in [5.41, 5.74) is 2.90. The summed E-state index contributed by atoms with van der Waals surface area (Å²) in [5.74, 6) is -0.201. The first-order valence-corrected chi connectivity index (χ1v) is 5.94. The van der Waals surface area contributed by atoms with Gasteiger partial charge in [-0.2, -0.15) is 0 Å². The Kier molecular flexibility index (Phi) is 3.19. The van der Waals surface area contributed by atoms with Crippen LogP contribution in [0.4, 0.5) is 10.1 Å². The molecule has 0 unspecified atom stereocenters. The zero-order chi connectivity index (χ0) is 11.5. The van der Waals surface area contributed by atoms with Gasteiger partial charge in [-0.15, -0.1) is 11.3 Å². The molecule has 0 bridgehead atoms. The summed E-state index contributed by atoms with van der Waals surface area (Å²) in [4.78, 5) is 4.35. The van der Waals surface area contributed by atoms with Crippen molar-refractivity contribution in [3.63, 3.8) is 0 Å². The molecule has 16 heavy (non-hydrogen) atoms. The van der Waals surface area contributed by atoms with Crippen LogP contribution in [0.25, 0.3) is 0 Å². The van der Waals surface area contributed by atoms with Crippen molar-refractivity contribution in [3.8, 4) is 0 Å². The molecule has 0 aliphatic rings. The van der Waals surface area contributed by atoms with Crippen LogP contribution in [0.3, 0.4) is 0 Å². The molecule has 1 aromatic carbocycles. The molecule has 0 aliphatic heterocycles. The number of nitrogens with one attached hydrogen (secondary N) is 1. The van der Waals surface area contributed by atoms with E-state index >= 15 is 0 Å². The fourth-order valence-corrected chi connectivity index (χ4v) is 2.19. The van der Waals surface area contributed by atoms with E-state index in [-0.39, 0.29) is 5.82 Å². The van der Waals surface area contributed by atoms with Crippen molar-refractivity contribution < 1.29 is 4.39 Å². The van der Waals surface area contributed by atoms with Gasteiger partial charge in [0.15, 0.2) is 0 Å². The SMILES string of the molecule is Cc1csc(CNc2ccc(F)cc2C)n1. The molecule has 4 heteroatoms. The van der Waals surface area contributed by atoms with Crippen molar-refractivity contribution in [2.75, 3.05) is 5.32 Å². The normalized spacial score (nSPS) is 10.4. The maximum atomic E-state index is 12.9. The van der Waals surface area contributed by atoms with Gasteiger partial charge >= 0.3 is 0 Å². The average molecular weight is 236 g/mol. The summed E-state index contributed by atoms with van der Waals surface area (Å²) < 4.78 is 12.9. The Hall–Kier alpha value is -1.42. The number of hydrogen-bond acceptors (Lipinski definition) is 3. The Labute approximate surface area is 98.2 Å². The Morgan fingerprint density at radius 3 is 2.81 bits per heavy atom. The minimum atomic E-state index is -0.201. The number of aryl methyl sites for hydroxylation is 2. The van der Waals surface area contributed by atoms with E-state index in [0.29, 0.717) is 6.54 Å². The second-order valence-electron chi connectivity index (χ2n) is 3.70. The number of rotatable bonds is 3. The maximum absolute atomic E-state index is 12.9. The lowest BCUT2D eigenvalue weighted by atomic mass is 10.2. The van der Waals surface area contributed by atoms with Gasteiger partial charge in [0.1, 0.15) is 10.8 Å². The Balaban J connectivity index is 2.04. The highest BCUT2D eigenvalue weighted by Gasteiger charge is 2.01. The van der Waals surface area contributed by atoms with Crippen LogP contribution in [-0.2, 0) is 6.54 Å². The molecule has 84 valence electrons. The Morgan fingerprint density at radius 2 is 2.19 bits per heavy atom. The third kappa shape index (κ3) is 2.58. The topological polar surface area (TPSA) is 24.9 Å². The number of anilines is 1. The summed E-state index contributed by atoms with van der Waals surface area (Å²) in [6, 6.07) is 4.74. The second-order valence-corrected chi connectivity index (χ2v) is 4.64. The van der Waals surface area contributed by atoms with Crippen molar-refractivity contribution >= 4 is 17.0 Å². The van der Waals surface area contributed by atoms with E-state index in [2.05, 4.69) is 10.3 Å². The van der Waals surface area contributed by atoms with E-state index in [4.69, 9.17) is 0 Å². The summed E-state index contributed by atoms with van der Waals surface area (Å²) in [7, 11) is 0. The number of benzene rings is 1. The minimum absolute atomic E-state index is 0.201. The first-order valence-electron chi connectivity index (χ1n) is 5.06. The zero-order valence-corrected chi connectivity index (χ0v) is 10.1. The largest absolute Gasteiger partial charge is 0.378 e. The number of hydrogen-bond donors (Lipinski definition) is 1. The highest BCUT2D eigenvalue weighted by atomic mass is 32.1.